The number of ether oxygens (including phenoxy) is 2. The summed E-state index contributed by atoms with van der Waals surface area (Å²) in [6.45, 7) is 0. The number of carbonyl (C=O) groups excluding carboxylic acids is 2. The highest BCUT2D eigenvalue weighted by Gasteiger charge is 2.82. The van der Waals surface area contributed by atoms with Gasteiger partial charge in [-0.25, -0.2) is 9.52 Å². The highest BCUT2D eigenvalue weighted by Crippen LogP contribution is 2.50. The number of alkyl halides is 6. The van der Waals surface area contributed by atoms with Crippen LogP contribution in [0.3, 0.4) is 0 Å². The second-order valence-electron chi connectivity index (χ2n) is 5.94. The standard InChI is InChI=1S/C14H13F6NO10S2/c1-30-10(23)7-3-6(4-8(5-7)11(24)31-2)9(22)21-32(25,26)13(17,18)12(15,16)14(19,20)33(27,28)29/h3-5,10,23H,1-2H3,(H,21,22)(H,27,28,29). The Kier molecular flexibility index (Phi) is 7.83. The van der Waals surface area contributed by atoms with Gasteiger partial charge >= 0.3 is 42.5 Å². The third-order valence-electron chi connectivity index (χ3n) is 3.77. The SMILES string of the molecule is COC(=O)c1cc(C(=O)NS(=O)(=O)C(F)(F)C(F)(F)C(F)(F)S(=O)(=O)O)cc(C(O)OC)c1. The maximum Gasteiger partial charge on any atom is 0.439 e. The van der Waals surface area contributed by atoms with Crippen LogP contribution in [0.15, 0.2) is 18.2 Å². The first kappa shape index (κ1) is 28.6. The third kappa shape index (κ3) is 5.05. The molecule has 0 saturated carbocycles. The molecule has 0 heterocycles. The maximum atomic E-state index is 13.9. The van der Waals surface area contributed by atoms with Gasteiger partial charge in [-0.05, 0) is 18.2 Å². The van der Waals surface area contributed by atoms with Crippen LogP contribution in [0.4, 0.5) is 26.3 Å². The summed E-state index contributed by atoms with van der Waals surface area (Å²) in [5, 5.41) is -4.34. The van der Waals surface area contributed by atoms with Gasteiger partial charge in [0.2, 0.25) is 0 Å². The molecule has 33 heavy (non-hydrogen) atoms. The molecule has 1 unspecified atom stereocenters. The van der Waals surface area contributed by atoms with Gasteiger partial charge in [0, 0.05) is 18.2 Å². The molecule has 19 heteroatoms. The first-order chi connectivity index (χ1) is 14.7. The van der Waals surface area contributed by atoms with Crippen molar-refractivity contribution >= 4 is 32.0 Å². The van der Waals surface area contributed by atoms with Gasteiger partial charge in [-0.1, -0.05) is 0 Å². The zero-order valence-electron chi connectivity index (χ0n) is 16.1. The molecule has 1 aromatic carbocycles. The van der Waals surface area contributed by atoms with Crippen LogP contribution in [0.2, 0.25) is 0 Å². The molecule has 0 spiro atoms. The van der Waals surface area contributed by atoms with Gasteiger partial charge in [0.05, 0.1) is 12.7 Å². The summed E-state index contributed by atoms with van der Waals surface area (Å²) in [6, 6.07) is 1.89. The summed E-state index contributed by atoms with van der Waals surface area (Å²) in [4.78, 5) is 23.8. The van der Waals surface area contributed by atoms with E-state index in [1.807, 2.05) is 0 Å². The number of amides is 1. The van der Waals surface area contributed by atoms with Crippen LogP contribution < -0.4 is 4.72 Å². The molecule has 0 aliphatic heterocycles. The molecular weight excluding hydrogens is 520 g/mol. The van der Waals surface area contributed by atoms with Crippen molar-refractivity contribution in [1.29, 1.82) is 0 Å². The third-order valence-corrected chi connectivity index (χ3v) is 6.06. The van der Waals surface area contributed by atoms with Crippen molar-refractivity contribution in [2.75, 3.05) is 14.2 Å². The first-order valence-electron chi connectivity index (χ1n) is 7.79. The predicted octanol–water partition coefficient (Wildman–Crippen LogP) is 0.879. The summed E-state index contributed by atoms with van der Waals surface area (Å²) < 4.78 is 143. The minimum Gasteiger partial charge on any atom is -0.465 e. The lowest BCUT2D eigenvalue weighted by Crippen LogP contribution is -2.63. The van der Waals surface area contributed by atoms with E-state index < -0.39 is 71.4 Å². The van der Waals surface area contributed by atoms with Crippen molar-refractivity contribution in [3.63, 3.8) is 0 Å². The van der Waals surface area contributed by atoms with E-state index in [9.17, 15) is 57.9 Å². The molecule has 1 atom stereocenters. The van der Waals surface area contributed by atoms with Crippen molar-refractivity contribution < 1.29 is 71.9 Å². The smallest absolute Gasteiger partial charge is 0.439 e. The van der Waals surface area contributed by atoms with Gasteiger partial charge in [-0.2, -0.15) is 43.2 Å². The van der Waals surface area contributed by atoms with Crippen LogP contribution in [0.5, 0.6) is 0 Å². The Balaban J connectivity index is 3.52. The van der Waals surface area contributed by atoms with Gasteiger partial charge in [0.15, 0.2) is 6.29 Å². The highest BCUT2D eigenvalue weighted by atomic mass is 32.2. The van der Waals surface area contributed by atoms with E-state index >= 15 is 0 Å². The number of nitrogens with one attached hydrogen (secondary N) is 1. The molecule has 0 bridgehead atoms. The van der Waals surface area contributed by atoms with Gasteiger partial charge < -0.3 is 14.6 Å². The molecular formula is C14H13F6NO10S2. The molecule has 0 aliphatic carbocycles. The minimum absolute atomic E-state index is 0.330. The Morgan fingerprint density at radius 3 is 1.85 bits per heavy atom. The van der Waals surface area contributed by atoms with Crippen LogP contribution in [-0.4, -0.2) is 69.0 Å². The van der Waals surface area contributed by atoms with Crippen LogP contribution in [0, 0.1) is 0 Å². The van der Waals surface area contributed by atoms with Crippen molar-refractivity contribution in [3.8, 4) is 0 Å². The quantitative estimate of drug-likeness (QED) is 0.179. The molecule has 1 rings (SSSR count). The lowest BCUT2D eigenvalue weighted by Gasteiger charge is -2.30. The van der Waals surface area contributed by atoms with Crippen LogP contribution in [0.25, 0.3) is 0 Å². The summed E-state index contributed by atoms with van der Waals surface area (Å²) in [6.07, 6.45) is -1.88. The summed E-state index contributed by atoms with van der Waals surface area (Å²) in [5.41, 5.74) is -2.12. The van der Waals surface area contributed by atoms with E-state index in [-0.39, 0.29) is 0 Å². The van der Waals surface area contributed by atoms with E-state index in [1.54, 1.807) is 0 Å². The molecule has 0 aliphatic rings. The summed E-state index contributed by atoms with van der Waals surface area (Å²) in [5.74, 6) is -10.7. The van der Waals surface area contributed by atoms with Crippen molar-refractivity contribution in [3.05, 3.63) is 34.9 Å². The van der Waals surface area contributed by atoms with Gasteiger partial charge in [-0.3, -0.25) is 9.35 Å². The molecule has 3 N–H and O–H groups in total. The fourth-order valence-electron chi connectivity index (χ4n) is 2.04. The lowest BCUT2D eigenvalue weighted by atomic mass is 10.0. The molecule has 0 radical (unpaired) electrons. The number of halogens is 6. The number of hydrogen-bond acceptors (Lipinski definition) is 9. The average molecular weight is 533 g/mol. The number of hydrogen-bond donors (Lipinski definition) is 3. The van der Waals surface area contributed by atoms with Gasteiger partial charge in [-0.15, -0.1) is 0 Å². The molecule has 1 amide bonds. The molecule has 0 saturated heterocycles. The van der Waals surface area contributed by atoms with Crippen molar-refractivity contribution in [2.45, 2.75) is 22.7 Å². The summed E-state index contributed by atoms with van der Waals surface area (Å²) >= 11 is 0. The van der Waals surface area contributed by atoms with E-state index in [1.165, 1.54) is 0 Å². The van der Waals surface area contributed by atoms with Crippen molar-refractivity contribution in [1.82, 2.24) is 4.72 Å². The number of aliphatic hydroxyl groups excluding tert-OH is 1. The lowest BCUT2D eigenvalue weighted by molar-refractivity contribution is -0.245. The largest absolute Gasteiger partial charge is 0.465 e. The zero-order valence-corrected chi connectivity index (χ0v) is 17.7. The van der Waals surface area contributed by atoms with Crippen LogP contribution >= 0.6 is 0 Å². The van der Waals surface area contributed by atoms with Gasteiger partial charge in [0.1, 0.15) is 0 Å². The van der Waals surface area contributed by atoms with Crippen LogP contribution in [0.1, 0.15) is 32.6 Å². The number of benzene rings is 1. The van der Waals surface area contributed by atoms with E-state index in [2.05, 4.69) is 9.47 Å². The monoisotopic (exact) mass is 533 g/mol. The number of carbonyl (C=O) groups is 2. The summed E-state index contributed by atoms with van der Waals surface area (Å²) in [7, 11) is -12.6. The number of methoxy groups -OCH3 is 2. The van der Waals surface area contributed by atoms with E-state index in [0.717, 1.165) is 20.3 Å². The first-order valence-corrected chi connectivity index (χ1v) is 10.7. The molecule has 0 aromatic heterocycles. The Morgan fingerprint density at radius 2 is 1.42 bits per heavy atom. The molecule has 11 nitrogen and oxygen atoms in total. The van der Waals surface area contributed by atoms with E-state index in [0.29, 0.717) is 16.9 Å². The van der Waals surface area contributed by atoms with Crippen LogP contribution in [-0.2, 0) is 29.6 Å². The maximum absolute atomic E-state index is 13.9. The second-order valence-corrected chi connectivity index (χ2v) is 9.13. The Labute approximate surface area is 181 Å². The number of esters is 1. The Morgan fingerprint density at radius 1 is 0.939 bits per heavy atom. The number of aliphatic hydroxyl groups is 1. The normalized spacial score (nSPS) is 14.5. The topological polar surface area (TPSA) is 173 Å². The Bertz CT molecular complexity index is 1150. The predicted molar refractivity (Wildman–Crippen MR) is 92.5 cm³/mol. The average Bonchev–Trinajstić information content (AvgIpc) is 2.70. The van der Waals surface area contributed by atoms with Gasteiger partial charge in [0.25, 0.3) is 5.91 Å². The molecule has 1 aromatic rings. The minimum atomic E-state index is -7.27. The second kappa shape index (κ2) is 9.05. The highest BCUT2D eigenvalue weighted by molar-refractivity contribution is 7.91. The fourth-order valence-corrected chi connectivity index (χ4v) is 3.51. The number of rotatable bonds is 9. The Hall–Kier alpha value is -2.48. The van der Waals surface area contributed by atoms with Crippen molar-refractivity contribution in [2.24, 2.45) is 0 Å². The van der Waals surface area contributed by atoms with E-state index in [4.69, 9.17) is 4.55 Å². The fraction of sp³-hybridized carbons (Fsp3) is 0.429. The number of sulfonamides is 1. The molecule has 0 fully saturated rings. The molecule has 188 valence electrons. The zero-order chi connectivity index (χ0) is 26.2.